The van der Waals surface area contributed by atoms with E-state index in [-0.39, 0.29) is 18.9 Å². The molecule has 0 fully saturated rings. The van der Waals surface area contributed by atoms with Crippen LogP contribution in [0.15, 0.2) is 0 Å². The SMILES string of the molecule is CCOC(=O)CCCNC(=O)NC(=O)C(C)Cl. The summed E-state index contributed by atoms with van der Waals surface area (Å²) in [6.45, 7) is 3.82. The standard InChI is InChI=1S/C10H17ClN2O4/c1-3-17-8(14)5-4-6-12-10(16)13-9(15)7(2)11/h7H,3-6H2,1-2H3,(H2,12,13,15,16). The van der Waals surface area contributed by atoms with Crippen LogP contribution in [-0.4, -0.2) is 36.4 Å². The first kappa shape index (κ1) is 15.7. The minimum Gasteiger partial charge on any atom is -0.466 e. The Bertz CT molecular complexity index is 281. The highest BCUT2D eigenvalue weighted by Crippen LogP contribution is 1.93. The minimum atomic E-state index is -0.764. The Kier molecular flexibility index (Phi) is 8.13. The monoisotopic (exact) mass is 264 g/mol. The Hall–Kier alpha value is -1.30. The molecule has 0 saturated heterocycles. The maximum atomic E-state index is 11.1. The number of carbonyl (C=O) groups is 3. The van der Waals surface area contributed by atoms with Gasteiger partial charge < -0.3 is 10.1 Å². The van der Waals surface area contributed by atoms with Gasteiger partial charge in [-0.2, -0.15) is 0 Å². The van der Waals surface area contributed by atoms with Crippen molar-refractivity contribution in [3.63, 3.8) is 0 Å². The van der Waals surface area contributed by atoms with Crippen molar-refractivity contribution < 1.29 is 19.1 Å². The third-order valence-electron chi connectivity index (χ3n) is 1.75. The molecule has 6 nitrogen and oxygen atoms in total. The number of hydrogen-bond donors (Lipinski definition) is 2. The molecule has 0 aliphatic rings. The summed E-state index contributed by atoms with van der Waals surface area (Å²) in [5.41, 5.74) is 0. The Morgan fingerprint density at radius 1 is 1.35 bits per heavy atom. The lowest BCUT2D eigenvalue weighted by Crippen LogP contribution is -2.42. The first-order chi connectivity index (χ1) is 7.97. The fourth-order valence-corrected chi connectivity index (χ4v) is 0.978. The van der Waals surface area contributed by atoms with E-state index in [2.05, 4.69) is 10.6 Å². The summed E-state index contributed by atoms with van der Waals surface area (Å²) in [5, 5.41) is 3.72. The number of esters is 1. The van der Waals surface area contributed by atoms with Crippen LogP contribution in [0.4, 0.5) is 4.79 Å². The van der Waals surface area contributed by atoms with Gasteiger partial charge in [-0.15, -0.1) is 11.6 Å². The van der Waals surface area contributed by atoms with Gasteiger partial charge in [0, 0.05) is 13.0 Å². The minimum absolute atomic E-state index is 0.230. The molecule has 7 heteroatoms. The molecule has 0 rings (SSSR count). The average molecular weight is 265 g/mol. The second-order valence-corrected chi connectivity index (χ2v) is 3.92. The van der Waals surface area contributed by atoms with Gasteiger partial charge in [-0.3, -0.25) is 14.9 Å². The van der Waals surface area contributed by atoms with Crippen molar-refractivity contribution >= 4 is 29.5 Å². The predicted octanol–water partition coefficient (Wildman–Crippen LogP) is 0.783. The lowest BCUT2D eigenvalue weighted by atomic mass is 10.3. The summed E-state index contributed by atoms with van der Waals surface area (Å²) in [6, 6.07) is -0.619. The summed E-state index contributed by atoms with van der Waals surface area (Å²) >= 11 is 5.46. The molecule has 0 bridgehead atoms. The van der Waals surface area contributed by atoms with Gasteiger partial charge in [0.05, 0.1) is 6.61 Å². The topological polar surface area (TPSA) is 84.5 Å². The Morgan fingerprint density at radius 3 is 2.53 bits per heavy atom. The van der Waals surface area contributed by atoms with Gasteiger partial charge in [0.15, 0.2) is 0 Å². The Balaban J connectivity index is 3.58. The van der Waals surface area contributed by atoms with E-state index in [4.69, 9.17) is 16.3 Å². The highest BCUT2D eigenvalue weighted by Gasteiger charge is 2.12. The number of ether oxygens (including phenoxy) is 1. The van der Waals surface area contributed by atoms with Crippen LogP contribution in [0.5, 0.6) is 0 Å². The van der Waals surface area contributed by atoms with Crippen molar-refractivity contribution in [1.82, 2.24) is 10.6 Å². The van der Waals surface area contributed by atoms with Gasteiger partial charge in [-0.1, -0.05) is 0 Å². The summed E-state index contributed by atoms with van der Waals surface area (Å²) in [7, 11) is 0. The normalized spacial score (nSPS) is 11.5. The molecular weight excluding hydrogens is 248 g/mol. The van der Waals surface area contributed by atoms with Crippen LogP contribution >= 0.6 is 11.6 Å². The van der Waals surface area contributed by atoms with Crippen LogP contribution in [0.1, 0.15) is 26.7 Å². The van der Waals surface area contributed by atoms with Gasteiger partial charge in [0.25, 0.3) is 0 Å². The zero-order valence-corrected chi connectivity index (χ0v) is 10.7. The zero-order valence-electron chi connectivity index (χ0n) is 9.92. The average Bonchev–Trinajstić information content (AvgIpc) is 2.24. The molecule has 0 spiro atoms. The number of rotatable bonds is 6. The van der Waals surface area contributed by atoms with Crippen molar-refractivity contribution in [2.45, 2.75) is 32.1 Å². The third kappa shape index (κ3) is 8.50. The maximum Gasteiger partial charge on any atom is 0.321 e. The Labute approximate surface area is 105 Å². The fourth-order valence-electron chi connectivity index (χ4n) is 0.923. The molecule has 17 heavy (non-hydrogen) atoms. The number of carbonyl (C=O) groups excluding carboxylic acids is 3. The second-order valence-electron chi connectivity index (χ2n) is 3.27. The zero-order chi connectivity index (χ0) is 13.3. The molecule has 0 aliphatic heterocycles. The van der Waals surface area contributed by atoms with Crippen LogP contribution < -0.4 is 10.6 Å². The Morgan fingerprint density at radius 2 is 2.00 bits per heavy atom. The highest BCUT2D eigenvalue weighted by molar-refractivity contribution is 6.31. The quantitative estimate of drug-likeness (QED) is 0.422. The molecule has 0 aromatic heterocycles. The number of urea groups is 1. The van der Waals surface area contributed by atoms with E-state index >= 15 is 0 Å². The number of halogens is 1. The van der Waals surface area contributed by atoms with E-state index in [0.29, 0.717) is 13.0 Å². The largest absolute Gasteiger partial charge is 0.466 e. The van der Waals surface area contributed by atoms with Crippen molar-refractivity contribution in [3.05, 3.63) is 0 Å². The molecule has 3 amide bonds. The first-order valence-electron chi connectivity index (χ1n) is 5.35. The highest BCUT2D eigenvalue weighted by atomic mass is 35.5. The van der Waals surface area contributed by atoms with Crippen LogP contribution in [-0.2, 0) is 14.3 Å². The molecular formula is C10H17ClN2O4. The van der Waals surface area contributed by atoms with Crippen LogP contribution in [0.2, 0.25) is 0 Å². The fraction of sp³-hybridized carbons (Fsp3) is 0.700. The van der Waals surface area contributed by atoms with Crippen LogP contribution in [0.25, 0.3) is 0 Å². The summed E-state index contributed by atoms with van der Waals surface area (Å²) in [6.07, 6.45) is 0.685. The maximum absolute atomic E-state index is 11.1. The van der Waals surface area contributed by atoms with E-state index in [9.17, 15) is 14.4 Å². The smallest absolute Gasteiger partial charge is 0.321 e. The molecule has 98 valence electrons. The van der Waals surface area contributed by atoms with Gasteiger partial charge in [-0.05, 0) is 20.3 Å². The van der Waals surface area contributed by atoms with Crippen molar-refractivity contribution in [1.29, 1.82) is 0 Å². The van der Waals surface area contributed by atoms with E-state index in [1.165, 1.54) is 6.92 Å². The van der Waals surface area contributed by atoms with Gasteiger partial charge in [-0.25, -0.2) is 4.79 Å². The van der Waals surface area contributed by atoms with E-state index < -0.39 is 17.3 Å². The molecule has 0 aromatic carbocycles. The number of imide groups is 1. The molecule has 0 heterocycles. The first-order valence-corrected chi connectivity index (χ1v) is 5.79. The molecule has 0 aliphatic carbocycles. The van der Waals surface area contributed by atoms with Crippen molar-refractivity contribution in [3.8, 4) is 0 Å². The molecule has 0 saturated carbocycles. The third-order valence-corrected chi connectivity index (χ3v) is 1.94. The number of alkyl halides is 1. The second kappa shape index (κ2) is 8.81. The van der Waals surface area contributed by atoms with E-state index in [1.54, 1.807) is 6.92 Å². The predicted molar refractivity (Wildman–Crippen MR) is 62.7 cm³/mol. The number of hydrogen-bond acceptors (Lipinski definition) is 4. The van der Waals surface area contributed by atoms with Crippen LogP contribution in [0, 0.1) is 0 Å². The van der Waals surface area contributed by atoms with Crippen LogP contribution in [0.3, 0.4) is 0 Å². The lowest BCUT2D eigenvalue weighted by Gasteiger charge is -2.07. The van der Waals surface area contributed by atoms with E-state index in [1.807, 2.05) is 0 Å². The lowest BCUT2D eigenvalue weighted by molar-refractivity contribution is -0.143. The number of amides is 3. The van der Waals surface area contributed by atoms with Gasteiger partial charge >= 0.3 is 12.0 Å². The van der Waals surface area contributed by atoms with Crippen molar-refractivity contribution in [2.24, 2.45) is 0 Å². The summed E-state index contributed by atoms with van der Waals surface area (Å²) < 4.78 is 4.71. The molecule has 1 unspecified atom stereocenters. The number of nitrogens with one attached hydrogen (secondary N) is 2. The van der Waals surface area contributed by atoms with E-state index in [0.717, 1.165) is 0 Å². The van der Waals surface area contributed by atoms with Gasteiger partial charge in [0.1, 0.15) is 5.38 Å². The van der Waals surface area contributed by atoms with Crippen molar-refractivity contribution in [2.75, 3.05) is 13.2 Å². The molecule has 0 radical (unpaired) electrons. The van der Waals surface area contributed by atoms with Gasteiger partial charge in [0.2, 0.25) is 5.91 Å². The molecule has 2 N–H and O–H groups in total. The molecule has 0 aromatic rings. The summed E-state index contributed by atoms with van der Waals surface area (Å²) in [5.74, 6) is -0.866. The molecule has 1 atom stereocenters. The summed E-state index contributed by atoms with van der Waals surface area (Å²) in [4.78, 5) is 33.0.